The maximum atomic E-state index is 12.2. The van der Waals surface area contributed by atoms with E-state index in [0.29, 0.717) is 23.9 Å². The molecule has 0 saturated carbocycles. The van der Waals surface area contributed by atoms with Gasteiger partial charge in [0.05, 0.1) is 19.1 Å². The van der Waals surface area contributed by atoms with Crippen LogP contribution < -0.4 is 5.32 Å². The number of fused-ring (bicyclic) bond motifs is 2. The fourth-order valence-corrected chi connectivity index (χ4v) is 3.52. The molecular formula is C17H21N3O3. The van der Waals surface area contributed by atoms with Crippen molar-refractivity contribution in [2.24, 2.45) is 0 Å². The van der Waals surface area contributed by atoms with Crippen molar-refractivity contribution in [3.63, 3.8) is 0 Å². The van der Waals surface area contributed by atoms with E-state index < -0.39 is 0 Å². The van der Waals surface area contributed by atoms with Crippen molar-refractivity contribution in [1.29, 1.82) is 0 Å². The number of ether oxygens (including phenoxy) is 1. The fraction of sp³-hybridized carbons (Fsp3) is 0.529. The fourth-order valence-electron chi connectivity index (χ4n) is 3.52. The third-order valence-electron chi connectivity index (χ3n) is 4.77. The normalized spacial score (nSPS) is 24.7. The average molecular weight is 315 g/mol. The van der Waals surface area contributed by atoms with E-state index in [9.17, 15) is 4.79 Å². The summed E-state index contributed by atoms with van der Waals surface area (Å²) in [6, 6.07) is 8.17. The summed E-state index contributed by atoms with van der Waals surface area (Å²) in [7, 11) is 0. The molecule has 23 heavy (non-hydrogen) atoms. The Morgan fingerprint density at radius 1 is 1.39 bits per heavy atom. The SMILES string of the molecule is O=C(Cc1noc2ccccc12)NCC1CN2CCCC2CO1. The maximum Gasteiger partial charge on any atom is 0.226 e. The molecule has 1 N–H and O–H groups in total. The quantitative estimate of drug-likeness (QED) is 0.922. The van der Waals surface area contributed by atoms with E-state index in [4.69, 9.17) is 9.26 Å². The van der Waals surface area contributed by atoms with Gasteiger partial charge in [0.25, 0.3) is 0 Å². The lowest BCUT2D eigenvalue weighted by molar-refractivity contribution is -0.122. The number of aromatic nitrogens is 1. The predicted molar refractivity (Wildman–Crippen MR) is 85.1 cm³/mol. The van der Waals surface area contributed by atoms with Gasteiger partial charge in [-0.05, 0) is 31.5 Å². The Morgan fingerprint density at radius 3 is 3.26 bits per heavy atom. The van der Waals surface area contributed by atoms with Gasteiger partial charge in [-0.1, -0.05) is 17.3 Å². The molecule has 1 aromatic carbocycles. The Bertz CT molecular complexity index is 699. The topological polar surface area (TPSA) is 67.6 Å². The van der Waals surface area contributed by atoms with Crippen molar-refractivity contribution >= 4 is 16.9 Å². The molecule has 2 aromatic rings. The summed E-state index contributed by atoms with van der Waals surface area (Å²) < 4.78 is 11.1. The van der Waals surface area contributed by atoms with E-state index >= 15 is 0 Å². The largest absolute Gasteiger partial charge is 0.373 e. The van der Waals surface area contributed by atoms with E-state index in [1.165, 1.54) is 12.8 Å². The zero-order valence-corrected chi connectivity index (χ0v) is 13.0. The Kier molecular flexibility index (Phi) is 4.01. The summed E-state index contributed by atoms with van der Waals surface area (Å²) >= 11 is 0. The zero-order valence-electron chi connectivity index (χ0n) is 13.0. The molecule has 2 aliphatic heterocycles. The predicted octanol–water partition coefficient (Wildman–Crippen LogP) is 1.35. The van der Waals surface area contributed by atoms with Crippen molar-refractivity contribution in [2.45, 2.75) is 31.4 Å². The van der Waals surface area contributed by atoms with E-state index in [2.05, 4.69) is 15.4 Å². The summed E-state index contributed by atoms with van der Waals surface area (Å²) in [4.78, 5) is 14.6. The molecule has 1 amide bonds. The third-order valence-corrected chi connectivity index (χ3v) is 4.77. The Labute approximate surface area is 134 Å². The van der Waals surface area contributed by atoms with Gasteiger partial charge in [0.1, 0.15) is 5.69 Å². The third kappa shape index (κ3) is 3.09. The van der Waals surface area contributed by atoms with Crippen LogP contribution in [-0.4, -0.2) is 54.4 Å². The molecule has 2 saturated heterocycles. The van der Waals surface area contributed by atoms with E-state index in [1.807, 2.05) is 24.3 Å². The first kappa shape index (κ1) is 14.7. The molecule has 0 spiro atoms. The lowest BCUT2D eigenvalue weighted by atomic mass is 10.1. The molecule has 1 aromatic heterocycles. The minimum atomic E-state index is -0.0452. The van der Waals surface area contributed by atoms with Crippen molar-refractivity contribution in [3.8, 4) is 0 Å². The highest BCUT2D eigenvalue weighted by atomic mass is 16.5. The number of rotatable bonds is 4. The molecule has 6 heteroatoms. The van der Waals surface area contributed by atoms with E-state index in [-0.39, 0.29) is 18.4 Å². The summed E-state index contributed by atoms with van der Waals surface area (Å²) in [5.41, 5.74) is 1.40. The highest BCUT2D eigenvalue weighted by Crippen LogP contribution is 2.22. The number of nitrogens with one attached hydrogen (secondary N) is 1. The molecule has 4 rings (SSSR count). The van der Waals surface area contributed by atoms with Crippen LogP contribution in [0.25, 0.3) is 11.0 Å². The Morgan fingerprint density at radius 2 is 2.30 bits per heavy atom. The van der Waals surface area contributed by atoms with Gasteiger partial charge in [-0.3, -0.25) is 9.69 Å². The zero-order chi connectivity index (χ0) is 15.6. The van der Waals surface area contributed by atoms with Crippen molar-refractivity contribution < 1.29 is 14.1 Å². The highest BCUT2D eigenvalue weighted by Gasteiger charge is 2.32. The molecule has 0 radical (unpaired) electrons. The van der Waals surface area contributed by atoms with Crippen molar-refractivity contribution in [3.05, 3.63) is 30.0 Å². The van der Waals surface area contributed by atoms with Gasteiger partial charge in [-0.2, -0.15) is 0 Å². The van der Waals surface area contributed by atoms with Gasteiger partial charge in [0.15, 0.2) is 5.58 Å². The van der Waals surface area contributed by atoms with Gasteiger partial charge >= 0.3 is 0 Å². The number of para-hydroxylation sites is 1. The first-order valence-corrected chi connectivity index (χ1v) is 8.25. The van der Waals surface area contributed by atoms with Crippen LogP contribution in [0.3, 0.4) is 0 Å². The van der Waals surface area contributed by atoms with Crippen molar-refractivity contribution in [2.75, 3.05) is 26.2 Å². The molecule has 2 aliphatic rings. The first-order valence-electron chi connectivity index (χ1n) is 8.25. The van der Waals surface area contributed by atoms with Crippen LogP contribution in [0.4, 0.5) is 0 Å². The number of carbonyl (C=O) groups is 1. The van der Waals surface area contributed by atoms with Crippen molar-refractivity contribution in [1.82, 2.24) is 15.4 Å². The second kappa shape index (κ2) is 6.29. The van der Waals surface area contributed by atoms with Crippen LogP contribution in [0.1, 0.15) is 18.5 Å². The molecular weight excluding hydrogens is 294 g/mol. The molecule has 6 nitrogen and oxygen atoms in total. The van der Waals surface area contributed by atoms with Crippen LogP contribution in [0.2, 0.25) is 0 Å². The Hall–Kier alpha value is -1.92. The molecule has 2 atom stereocenters. The summed E-state index contributed by atoms with van der Waals surface area (Å²) in [6.45, 7) is 3.41. The smallest absolute Gasteiger partial charge is 0.226 e. The van der Waals surface area contributed by atoms with Gasteiger partial charge in [-0.25, -0.2) is 0 Å². The highest BCUT2D eigenvalue weighted by molar-refractivity contribution is 5.86. The first-order chi connectivity index (χ1) is 11.3. The van der Waals surface area contributed by atoms with Gasteiger partial charge in [-0.15, -0.1) is 0 Å². The van der Waals surface area contributed by atoms with Crippen LogP contribution in [0.15, 0.2) is 28.8 Å². The van der Waals surface area contributed by atoms with Crippen LogP contribution in [-0.2, 0) is 16.0 Å². The van der Waals surface area contributed by atoms with Gasteiger partial charge < -0.3 is 14.6 Å². The lowest BCUT2D eigenvalue weighted by Gasteiger charge is -2.35. The van der Waals surface area contributed by atoms with Crippen LogP contribution in [0.5, 0.6) is 0 Å². The maximum absolute atomic E-state index is 12.2. The monoisotopic (exact) mass is 315 g/mol. The summed E-state index contributed by atoms with van der Waals surface area (Å²) in [5.74, 6) is -0.0452. The van der Waals surface area contributed by atoms with Crippen LogP contribution >= 0.6 is 0 Å². The summed E-state index contributed by atoms with van der Waals surface area (Å²) in [6.07, 6.45) is 2.81. The van der Waals surface area contributed by atoms with Crippen LogP contribution in [0, 0.1) is 0 Å². The number of morpholine rings is 1. The standard InChI is InChI=1S/C17H21N3O3/c21-17(8-15-14-5-1-2-6-16(14)23-19-15)18-9-13-10-20-7-3-4-12(20)11-22-13/h1-2,5-6,12-13H,3-4,7-11H2,(H,18,21). The van der Waals surface area contributed by atoms with Gasteiger partial charge in [0.2, 0.25) is 5.91 Å². The minimum Gasteiger partial charge on any atom is -0.373 e. The molecule has 2 unspecified atom stereocenters. The molecule has 3 heterocycles. The molecule has 0 bridgehead atoms. The second-order valence-electron chi connectivity index (χ2n) is 6.35. The van der Waals surface area contributed by atoms with Gasteiger partial charge in [0, 0.05) is 24.5 Å². The summed E-state index contributed by atoms with van der Waals surface area (Å²) in [5, 5.41) is 7.86. The number of nitrogens with zero attached hydrogens (tertiary/aromatic N) is 2. The molecule has 122 valence electrons. The number of hydrogen-bond donors (Lipinski definition) is 1. The minimum absolute atomic E-state index is 0.0452. The average Bonchev–Trinajstić information content (AvgIpc) is 3.20. The number of benzene rings is 1. The number of hydrogen-bond acceptors (Lipinski definition) is 5. The Balaban J connectivity index is 1.30. The van der Waals surface area contributed by atoms with E-state index in [0.717, 1.165) is 25.1 Å². The van der Waals surface area contributed by atoms with E-state index in [1.54, 1.807) is 0 Å². The lowest BCUT2D eigenvalue weighted by Crippen LogP contribution is -2.50. The number of carbonyl (C=O) groups excluding carboxylic acids is 1. The number of amides is 1. The molecule has 0 aliphatic carbocycles. The molecule has 2 fully saturated rings. The second-order valence-corrected chi connectivity index (χ2v) is 6.35.